The molecule has 0 atom stereocenters. The van der Waals surface area contributed by atoms with E-state index < -0.39 is 31.7 Å². The minimum atomic E-state index is -4.75. The summed E-state index contributed by atoms with van der Waals surface area (Å²) >= 11 is 5.60. The van der Waals surface area contributed by atoms with Crippen LogP contribution in [0.2, 0.25) is 5.02 Å². The van der Waals surface area contributed by atoms with Crippen molar-refractivity contribution in [3.8, 4) is 0 Å². The molecular weight excluding hydrogens is 453 g/mol. The molecule has 0 radical (unpaired) electrons. The third-order valence-electron chi connectivity index (χ3n) is 5.29. The number of hydrogen-bond donors (Lipinski definition) is 0. The Labute approximate surface area is 187 Å². The number of sulfonamides is 1. The fourth-order valence-corrected chi connectivity index (χ4v) is 5.55. The van der Waals surface area contributed by atoms with E-state index in [2.05, 4.69) is 27.7 Å². The summed E-state index contributed by atoms with van der Waals surface area (Å²) in [5, 5.41) is -0.553. The standard InChI is InChI=1S/C21H30ClF3N2O3S/c1-14(2)11-16(12-15(3)4)20(28)26-7-9-27(10-8-26)31(29,30)17-5-6-19(22)18(13-17)21(23,24)25/h5-6,13-16H,7-12H2,1-4H3. The maximum absolute atomic E-state index is 13.1. The topological polar surface area (TPSA) is 57.7 Å². The zero-order valence-corrected chi connectivity index (χ0v) is 19.8. The molecule has 1 amide bonds. The molecule has 1 fully saturated rings. The SMILES string of the molecule is CC(C)CC(CC(C)C)C(=O)N1CCN(S(=O)(=O)c2ccc(Cl)c(C(F)(F)F)c2)CC1. The molecule has 0 spiro atoms. The summed E-state index contributed by atoms with van der Waals surface area (Å²) in [7, 11) is -4.13. The first-order valence-electron chi connectivity index (χ1n) is 10.4. The maximum Gasteiger partial charge on any atom is 0.417 e. The Morgan fingerprint density at radius 1 is 1.03 bits per heavy atom. The van der Waals surface area contributed by atoms with E-state index in [9.17, 15) is 26.4 Å². The Kier molecular flexibility index (Phi) is 8.44. The van der Waals surface area contributed by atoms with Gasteiger partial charge in [0.05, 0.1) is 15.5 Å². The van der Waals surface area contributed by atoms with Crippen LogP contribution in [0, 0.1) is 17.8 Å². The normalized spacial score (nSPS) is 16.5. The van der Waals surface area contributed by atoms with Crippen molar-refractivity contribution >= 4 is 27.5 Å². The van der Waals surface area contributed by atoms with Gasteiger partial charge in [0.25, 0.3) is 0 Å². The van der Waals surface area contributed by atoms with Gasteiger partial charge in [-0.1, -0.05) is 39.3 Å². The highest BCUT2D eigenvalue weighted by molar-refractivity contribution is 7.89. The van der Waals surface area contributed by atoms with Gasteiger partial charge >= 0.3 is 6.18 Å². The Morgan fingerprint density at radius 2 is 1.55 bits per heavy atom. The zero-order chi connectivity index (χ0) is 23.6. The van der Waals surface area contributed by atoms with Crippen molar-refractivity contribution in [2.75, 3.05) is 26.2 Å². The van der Waals surface area contributed by atoms with E-state index in [-0.39, 0.29) is 38.0 Å². The summed E-state index contributed by atoms with van der Waals surface area (Å²) in [6.45, 7) is 8.75. The Bertz CT molecular complexity index is 870. The van der Waals surface area contributed by atoms with Crippen LogP contribution >= 0.6 is 11.6 Å². The molecule has 1 aromatic carbocycles. The second-order valence-electron chi connectivity index (χ2n) is 8.82. The van der Waals surface area contributed by atoms with E-state index in [4.69, 9.17) is 11.6 Å². The molecule has 0 unspecified atom stereocenters. The Hall–Kier alpha value is -1.32. The number of benzene rings is 1. The van der Waals surface area contributed by atoms with Crippen LogP contribution in [-0.2, 0) is 21.0 Å². The van der Waals surface area contributed by atoms with Gasteiger partial charge in [-0.25, -0.2) is 8.42 Å². The van der Waals surface area contributed by atoms with E-state index in [1.54, 1.807) is 4.90 Å². The van der Waals surface area contributed by atoms with Crippen LogP contribution in [0.4, 0.5) is 13.2 Å². The lowest BCUT2D eigenvalue weighted by molar-refractivity contribution is -0.138. The van der Waals surface area contributed by atoms with E-state index in [0.29, 0.717) is 17.9 Å². The largest absolute Gasteiger partial charge is 0.417 e. The van der Waals surface area contributed by atoms with Crippen molar-refractivity contribution in [3.63, 3.8) is 0 Å². The molecule has 1 aliphatic heterocycles. The summed E-state index contributed by atoms with van der Waals surface area (Å²) in [6.07, 6.45) is -3.23. The summed E-state index contributed by atoms with van der Waals surface area (Å²) in [5.41, 5.74) is -1.19. The van der Waals surface area contributed by atoms with E-state index in [1.807, 2.05) is 0 Å². The number of hydrogen-bond acceptors (Lipinski definition) is 3. The maximum atomic E-state index is 13.1. The van der Waals surface area contributed by atoms with Crippen molar-refractivity contribution in [3.05, 3.63) is 28.8 Å². The van der Waals surface area contributed by atoms with E-state index in [1.165, 1.54) is 0 Å². The minimum absolute atomic E-state index is 0.0188. The number of piperazine rings is 1. The Morgan fingerprint density at radius 3 is 2.00 bits per heavy atom. The molecule has 2 rings (SSSR count). The lowest BCUT2D eigenvalue weighted by Gasteiger charge is -2.36. The fourth-order valence-electron chi connectivity index (χ4n) is 3.87. The van der Waals surface area contributed by atoms with Crippen LogP contribution in [0.3, 0.4) is 0 Å². The molecule has 1 aliphatic rings. The smallest absolute Gasteiger partial charge is 0.340 e. The quantitative estimate of drug-likeness (QED) is 0.555. The summed E-state index contributed by atoms with van der Waals surface area (Å²) in [6, 6.07) is 2.59. The van der Waals surface area contributed by atoms with Crippen LogP contribution < -0.4 is 0 Å². The van der Waals surface area contributed by atoms with Crippen LogP contribution in [0.1, 0.15) is 46.1 Å². The number of rotatable bonds is 7. The summed E-state index contributed by atoms with van der Waals surface area (Å²) in [4.78, 5) is 14.2. The minimum Gasteiger partial charge on any atom is -0.340 e. The predicted molar refractivity (Wildman–Crippen MR) is 114 cm³/mol. The molecule has 31 heavy (non-hydrogen) atoms. The van der Waals surface area contributed by atoms with Gasteiger partial charge in [-0.05, 0) is 42.9 Å². The van der Waals surface area contributed by atoms with Gasteiger partial charge in [0.2, 0.25) is 15.9 Å². The first kappa shape index (κ1) is 25.9. The Balaban J connectivity index is 2.13. The highest BCUT2D eigenvalue weighted by atomic mass is 35.5. The van der Waals surface area contributed by atoms with Crippen LogP contribution in [0.15, 0.2) is 23.1 Å². The van der Waals surface area contributed by atoms with Crippen molar-refractivity contribution in [1.29, 1.82) is 0 Å². The molecule has 0 aromatic heterocycles. The van der Waals surface area contributed by atoms with Gasteiger partial charge in [0.15, 0.2) is 0 Å². The molecule has 0 aliphatic carbocycles. The lowest BCUT2D eigenvalue weighted by Crippen LogP contribution is -2.52. The zero-order valence-electron chi connectivity index (χ0n) is 18.2. The average Bonchev–Trinajstić information content (AvgIpc) is 2.65. The lowest BCUT2D eigenvalue weighted by atomic mass is 9.88. The number of halogens is 4. The number of carbonyl (C=O) groups is 1. The molecule has 5 nitrogen and oxygen atoms in total. The molecule has 0 N–H and O–H groups in total. The number of alkyl halides is 3. The molecule has 1 heterocycles. The monoisotopic (exact) mass is 482 g/mol. The van der Waals surface area contributed by atoms with Crippen LogP contribution in [0.25, 0.3) is 0 Å². The van der Waals surface area contributed by atoms with Crippen LogP contribution in [-0.4, -0.2) is 49.7 Å². The van der Waals surface area contributed by atoms with Crippen molar-refractivity contribution in [1.82, 2.24) is 9.21 Å². The fraction of sp³-hybridized carbons (Fsp3) is 0.667. The van der Waals surface area contributed by atoms with Gasteiger partial charge in [-0.15, -0.1) is 0 Å². The van der Waals surface area contributed by atoms with Crippen LogP contribution in [0.5, 0.6) is 0 Å². The van der Waals surface area contributed by atoms with Gasteiger partial charge in [0, 0.05) is 32.1 Å². The molecule has 176 valence electrons. The first-order valence-corrected chi connectivity index (χ1v) is 12.2. The molecule has 1 saturated heterocycles. The molecular formula is C21H30ClF3N2O3S. The number of carbonyl (C=O) groups excluding carboxylic acids is 1. The van der Waals surface area contributed by atoms with Gasteiger partial charge < -0.3 is 4.90 Å². The third kappa shape index (κ3) is 6.58. The average molecular weight is 483 g/mol. The van der Waals surface area contributed by atoms with Gasteiger partial charge in [-0.2, -0.15) is 17.5 Å². The molecule has 0 bridgehead atoms. The molecule has 0 saturated carbocycles. The second-order valence-corrected chi connectivity index (χ2v) is 11.2. The third-order valence-corrected chi connectivity index (χ3v) is 7.52. The van der Waals surface area contributed by atoms with Crippen molar-refractivity contribution in [2.45, 2.75) is 51.6 Å². The van der Waals surface area contributed by atoms with Gasteiger partial charge in [-0.3, -0.25) is 4.79 Å². The number of nitrogens with zero attached hydrogens (tertiary/aromatic N) is 2. The summed E-state index contributed by atoms with van der Waals surface area (Å²) < 4.78 is 66.3. The highest BCUT2D eigenvalue weighted by Gasteiger charge is 2.37. The number of amides is 1. The van der Waals surface area contributed by atoms with Crippen molar-refractivity contribution in [2.24, 2.45) is 17.8 Å². The first-order chi connectivity index (χ1) is 14.2. The van der Waals surface area contributed by atoms with Crippen molar-refractivity contribution < 1.29 is 26.4 Å². The summed E-state index contributed by atoms with van der Waals surface area (Å²) in [5.74, 6) is 0.628. The molecule has 1 aromatic rings. The van der Waals surface area contributed by atoms with E-state index in [0.717, 1.165) is 29.3 Å². The molecule has 10 heteroatoms. The van der Waals surface area contributed by atoms with E-state index >= 15 is 0 Å². The van der Waals surface area contributed by atoms with Gasteiger partial charge in [0.1, 0.15) is 0 Å². The highest BCUT2D eigenvalue weighted by Crippen LogP contribution is 2.36. The second kappa shape index (κ2) is 10.1. The predicted octanol–water partition coefficient (Wildman–Crippen LogP) is 4.90.